The lowest BCUT2D eigenvalue weighted by Gasteiger charge is -2.22. The van der Waals surface area contributed by atoms with Gasteiger partial charge >= 0.3 is 0 Å². The fourth-order valence-electron chi connectivity index (χ4n) is 3.91. The molecule has 0 atom stereocenters. The van der Waals surface area contributed by atoms with Crippen molar-refractivity contribution in [1.82, 2.24) is 4.98 Å². The van der Waals surface area contributed by atoms with Crippen molar-refractivity contribution in [3.8, 4) is 11.1 Å². The van der Waals surface area contributed by atoms with Crippen LogP contribution in [0.4, 0.5) is 5.82 Å². The Balaban J connectivity index is 1.57. The van der Waals surface area contributed by atoms with Crippen LogP contribution in [0.1, 0.15) is 32.1 Å². The lowest BCUT2D eigenvalue weighted by Crippen LogP contribution is -2.27. The number of pyridine rings is 1. The van der Waals surface area contributed by atoms with E-state index in [2.05, 4.69) is 23.2 Å². The van der Waals surface area contributed by atoms with Gasteiger partial charge in [0.2, 0.25) is 5.91 Å². The Kier molecular flexibility index (Phi) is 3.21. The molecule has 1 saturated heterocycles. The van der Waals surface area contributed by atoms with Crippen LogP contribution in [0.15, 0.2) is 48.7 Å². The molecule has 0 bridgehead atoms. The maximum Gasteiger partial charge on any atom is 0.228 e. The molecule has 1 saturated carbocycles. The van der Waals surface area contributed by atoms with E-state index in [1.807, 2.05) is 35.4 Å². The number of hydrogen-bond donors (Lipinski definition) is 0. The van der Waals surface area contributed by atoms with E-state index in [1.165, 1.54) is 25.7 Å². The summed E-state index contributed by atoms with van der Waals surface area (Å²) in [6.07, 6.45) is 7.49. The van der Waals surface area contributed by atoms with E-state index in [0.29, 0.717) is 6.42 Å². The largest absolute Gasteiger partial charge is 0.296 e. The van der Waals surface area contributed by atoms with Gasteiger partial charge in [-0.3, -0.25) is 9.69 Å². The third-order valence-electron chi connectivity index (χ3n) is 5.12. The topological polar surface area (TPSA) is 33.2 Å². The van der Waals surface area contributed by atoms with E-state index < -0.39 is 0 Å². The van der Waals surface area contributed by atoms with Crippen LogP contribution in [-0.4, -0.2) is 17.4 Å². The monoisotopic (exact) mass is 292 g/mol. The maximum absolute atomic E-state index is 12.4. The molecule has 3 nitrogen and oxygen atoms in total. The lowest BCUT2D eigenvalue weighted by atomic mass is 9.85. The minimum atomic E-state index is 0.233. The molecular weight excluding hydrogens is 272 g/mol. The minimum absolute atomic E-state index is 0.233. The van der Waals surface area contributed by atoms with Crippen molar-refractivity contribution in [1.29, 1.82) is 0 Å². The number of nitrogens with zero attached hydrogens (tertiary/aromatic N) is 2. The van der Waals surface area contributed by atoms with E-state index in [0.717, 1.165) is 23.5 Å². The molecule has 1 aliphatic carbocycles. The Morgan fingerprint density at radius 3 is 2.41 bits per heavy atom. The van der Waals surface area contributed by atoms with Crippen LogP contribution in [0.3, 0.4) is 0 Å². The average molecular weight is 292 g/mol. The Morgan fingerprint density at radius 1 is 0.955 bits per heavy atom. The third-order valence-corrected chi connectivity index (χ3v) is 5.12. The molecule has 1 spiro atoms. The van der Waals surface area contributed by atoms with Crippen molar-refractivity contribution in [2.45, 2.75) is 32.1 Å². The van der Waals surface area contributed by atoms with Gasteiger partial charge in [0.25, 0.3) is 0 Å². The highest BCUT2D eigenvalue weighted by Crippen LogP contribution is 2.46. The number of amides is 1. The molecule has 3 heteroatoms. The van der Waals surface area contributed by atoms with E-state index in [4.69, 9.17) is 0 Å². The predicted molar refractivity (Wildman–Crippen MR) is 87.5 cm³/mol. The summed E-state index contributed by atoms with van der Waals surface area (Å²) in [5.41, 5.74) is 2.48. The van der Waals surface area contributed by atoms with Gasteiger partial charge < -0.3 is 0 Å². The standard InChI is InChI=1S/C19H20N2O/c22-18-12-19(10-4-5-11-19)14-21(18)17-9-8-16(13-20-17)15-6-2-1-3-7-15/h1-3,6-9,13H,4-5,10-12,14H2. The first-order chi connectivity index (χ1) is 10.8. The van der Waals surface area contributed by atoms with E-state index in [-0.39, 0.29) is 11.3 Å². The molecule has 1 amide bonds. The van der Waals surface area contributed by atoms with Gasteiger partial charge in [0.1, 0.15) is 5.82 Å². The van der Waals surface area contributed by atoms with Crippen molar-refractivity contribution in [2.24, 2.45) is 5.41 Å². The number of carbonyl (C=O) groups excluding carboxylic acids is 1. The van der Waals surface area contributed by atoms with Gasteiger partial charge in [0.15, 0.2) is 0 Å². The van der Waals surface area contributed by atoms with Crippen LogP contribution >= 0.6 is 0 Å². The first-order valence-corrected chi connectivity index (χ1v) is 8.08. The summed E-state index contributed by atoms with van der Waals surface area (Å²) in [7, 11) is 0. The van der Waals surface area contributed by atoms with Crippen LogP contribution in [-0.2, 0) is 4.79 Å². The molecule has 2 aliphatic rings. The second-order valence-corrected chi connectivity index (χ2v) is 6.63. The molecular formula is C19H20N2O. The number of rotatable bonds is 2. The van der Waals surface area contributed by atoms with Gasteiger partial charge in [-0.25, -0.2) is 4.98 Å². The molecule has 2 fully saturated rings. The quantitative estimate of drug-likeness (QED) is 0.836. The van der Waals surface area contributed by atoms with Crippen molar-refractivity contribution >= 4 is 11.7 Å². The molecule has 0 unspecified atom stereocenters. The molecule has 2 aromatic rings. The van der Waals surface area contributed by atoms with Crippen LogP contribution in [0.5, 0.6) is 0 Å². The number of benzene rings is 1. The van der Waals surface area contributed by atoms with Gasteiger partial charge in [-0.2, -0.15) is 0 Å². The summed E-state index contributed by atoms with van der Waals surface area (Å²) in [6.45, 7) is 0.851. The smallest absolute Gasteiger partial charge is 0.228 e. The summed E-state index contributed by atoms with van der Waals surface area (Å²) in [5, 5.41) is 0. The second kappa shape index (κ2) is 5.24. The van der Waals surface area contributed by atoms with Crippen LogP contribution in [0, 0.1) is 5.41 Å². The van der Waals surface area contributed by atoms with E-state index in [9.17, 15) is 4.79 Å². The van der Waals surface area contributed by atoms with Crippen molar-refractivity contribution < 1.29 is 4.79 Å². The summed E-state index contributed by atoms with van der Waals surface area (Å²) in [5.74, 6) is 1.04. The Labute approximate surface area is 131 Å². The highest BCUT2D eigenvalue weighted by Gasteiger charge is 2.45. The maximum atomic E-state index is 12.4. The highest BCUT2D eigenvalue weighted by atomic mass is 16.2. The molecule has 1 aromatic carbocycles. The number of anilines is 1. The molecule has 2 heterocycles. The third kappa shape index (κ3) is 2.31. The van der Waals surface area contributed by atoms with Crippen molar-refractivity contribution in [3.63, 3.8) is 0 Å². The zero-order valence-corrected chi connectivity index (χ0v) is 12.7. The van der Waals surface area contributed by atoms with Crippen LogP contribution < -0.4 is 4.90 Å². The lowest BCUT2D eigenvalue weighted by molar-refractivity contribution is -0.117. The Bertz CT molecular complexity index is 672. The fourth-order valence-corrected chi connectivity index (χ4v) is 3.91. The first-order valence-electron chi connectivity index (χ1n) is 8.08. The normalized spacial score (nSPS) is 20.0. The fraction of sp³-hybridized carbons (Fsp3) is 0.368. The van der Waals surface area contributed by atoms with Gasteiger partial charge in [0.05, 0.1) is 0 Å². The predicted octanol–water partition coefficient (Wildman–Crippen LogP) is 4.05. The van der Waals surface area contributed by atoms with Crippen molar-refractivity contribution in [2.75, 3.05) is 11.4 Å². The first kappa shape index (κ1) is 13.5. The number of hydrogen-bond acceptors (Lipinski definition) is 2. The molecule has 0 N–H and O–H groups in total. The SMILES string of the molecule is O=C1CC2(CCCC2)CN1c1ccc(-c2ccccc2)cn1. The zero-order valence-electron chi connectivity index (χ0n) is 12.7. The minimum Gasteiger partial charge on any atom is -0.296 e. The zero-order chi connectivity index (χ0) is 15.0. The molecule has 4 rings (SSSR count). The number of aromatic nitrogens is 1. The molecule has 0 radical (unpaired) electrons. The second-order valence-electron chi connectivity index (χ2n) is 6.63. The summed E-state index contributed by atoms with van der Waals surface area (Å²) in [4.78, 5) is 18.8. The molecule has 1 aromatic heterocycles. The van der Waals surface area contributed by atoms with Crippen LogP contribution in [0.25, 0.3) is 11.1 Å². The van der Waals surface area contributed by atoms with Gasteiger partial charge in [0, 0.05) is 24.7 Å². The highest BCUT2D eigenvalue weighted by molar-refractivity contribution is 5.95. The average Bonchev–Trinajstić information content (AvgIpc) is 3.15. The van der Waals surface area contributed by atoms with Gasteiger partial charge in [-0.1, -0.05) is 43.2 Å². The molecule has 22 heavy (non-hydrogen) atoms. The van der Waals surface area contributed by atoms with Gasteiger partial charge in [-0.15, -0.1) is 0 Å². The summed E-state index contributed by atoms with van der Waals surface area (Å²) in [6, 6.07) is 14.2. The van der Waals surface area contributed by atoms with Crippen LogP contribution in [0.2, 0.25) is 0 Å². The van der Waals surface area contributed by atoms with Crippen molar-refractivity contribution in [3.05, 3.63) is 48.7 Å². The van der Waals surface area contributed by atoms with E-state index in [1.54, 1.807) is 0 Å². The molecule has 112 valence electrons. The summed E-state index contributed by atoms with van der Waals surface area (Å²) < 4.78 is 0. The Morgan fingerprint density at radius 2 is 1.73 bits per heavy atom. The molecule has 1 aliphatic heterocycles. The van der Waals surface area contributed by atoms with E-state index >= 15 is 0 Å². The summed E-state index contributed by atoms with van der Waals surface area (Å²) >= 11 is 0. The van der Waals surface area contributed by atoms with Gasteiger partial charge in [-0.05, 0) is 36.0 Å². The number of carbonyl (C=O) groups is 1. The Hall–Kier alpha value is -2.16.